The first kappa shape index (κ1) is 8.28. The van der Waals surface area contributed by atoms with Crippen LogP contribution in [0.3, 0.4) is 0 Å². The zero-order valence-corrected chi connectivity index (χ0v) is 7.25. The molecule has 1 nitrogen and oxygen atoms in total. The molecule has 0 amide bonds. The normalized spacial score (nSPS) is 12.9. The lowest BCUT2D eigenvalue weighted by molar-refractivity contribution is -0.659. The van der Waals surface area contributed by atoms with E-state index in [0.29, 0.717) is 6.04 Å². The molecule has 0 aliphatic carbocycles. The topological polar surface area (TPSA) is 16.6 Å². The zero-order valence-electron chi connectivity index (χ0n) is 7.25. The number of benzene rings is 1. The van der Waals surface area contributed by atoms with E-state index < -0.39 is 0 Å². The second kappa shape index (κ2) is 4.14. The van der Waals surface area contributed by atoms with Gasteiger partial charge in [-0.25, -0.2) is 0 Å². The highest BCUT2D eigenvalue weighted by molar-refractivity contribution is 5.15. The van der Waals surface area contributed by atoms with Crippen LogP contribution in [-0.4, -0.2) is 13.1 Å². The van der Waals surface area contributed by atoms with Gasteiger partial charge in [-0.3, -0.25) is 0 Å². The van der Waals surface area contributed by atoms with Crippen molar-refractivity contribution in [2.24, 2.45) is 0 Å². The average molecular weight is 150 g/mol. The second-order valence-corrected chi connectivity index (χ2v) is 3.00. The van der Waals surface area contributed by atoms with Crippen molar-refractivity contribution in [1.29, 1.82) is 0 Å². The summed E-state index contributed by atoms with van der Waals surface area (Å²) in [6, 6.07) is 11.3. The van der Waals surface area contributed by atoms with E-state index in [9.17, 15) is 0 Å². The lowest BCUT2D eigenvalue weighted by Crippen LogP contribution is -2.85. The van der Waals surface area contributed by atoms with Gasteiger partial charge in [0, 0.05) is 6.42 Å². The van der Waals surface area contributed by atoms with Gasteiger partial charge in [0.2, 0.25) is 0 Å². The van der Waals surface area contributed by atoms with Crippen molar-refractivity contribution >= 4 is 0 Å². The predicted octanol–water partition coefficient (Wildman–Crippen LogP) is 0.811. The van der Waals surface area contributed by atoms with Crippen LogP contribution in [0.25, 0.3) is 0 Å². The third kappa shape index (κ3) is 2.72. The van der Waals surface area contributed by atoms with Gasteiger partial charge in [-0.05, 0) is 12.5 Å². The van der Waals surface area contributed by atoms with Crippen molar-refractivity contribution in [2.45, 2.75) is 19.4 Å². The Morgan fingerprint density at radius 3 is 2.45 bits per heavy atom. The van der Waals surface area contributed by atoms with Gasteiger partial charge >= 0.3 is 0 Å². The smallest absolute Gasteiger partial charge is 0.0869 e. The quantitative estimate of drug-likeness (QED) is 0.656. The molecule has 0 bridgehead atoms. The highest BCUT2D eigenvalue weighted by Crippen LogP contribution is 1.99. The molecule has 0 saturated carbocycles. The van der Waals surface area contributed by atoms with Crippen molar-refractivity contribution in [3.05, 3.63) is 35.9 Å². The third-order valence-electron chi connectivity index (χ3n) is 1.97. The first-order valence-corrected chi connectivity index (χ1v) is 4.16. The maximum Gasteiger partial charge on any atom is 0.0869 e. The lowest BCUT2D eigenvalue weighted by Gasteiger charge is -2.05. The number of quaternary nitrogens is 1. The molecule has 0 aromatic heterocycles. The molecule has 60 valence electrons. The Bertz CT molecular complexity index is 193. The van der Waals surface area contributed by atoms with Gasteiger partial charge in [-0.2, -0.15) is 0 Å². The van der Waals surface area contributed by atoms with Crippen LogP contribution in [0.15, 0.2) is 30.3 Å². The average Bonchev–Trinajstić information content (AvgIpc) is 2.06. The molecule has 0 spiro atoms. The summed E-state index contributed by atoms with van der Waals surface area (Å²) in [6.07, 6.45) is 1.16. The number of likely N-dealkylation sites (N-methyl/N-ethyl adjacent to an activating group) is 1. The standard InChI is InChI=1S/C10H15N/c1-9(11-2)8-10-6-4-3-5-7-10/h3-7,9,11H,8H2,1-2H3/p+1/t9-/m0/s1. The molecule has 2 N–H and O–H groups in total. The summed E-state index contributed by atoms with van der Waals surface area (Å²) in [5, 5.41) is 2.24. The number of rotatable bonds is 3. The Balaban J connectivity index is 2.51. The molecule has 0 aliphatic heterocycles. The van der Waals surface area contributed by atoms with Gasteiger partial charge in [0.05, 0.1) is 13.1 Å². The summed E-state index contributed by atoms with van der Waals surface area (Å²) in [7, 11) is 2.12. The minimum atomic E-state index is 0.692. The maximum atomic E-state index is 2.24. The second-order valence-electron chi connectivity index (χ2n) is 3.00. The molecule has 1 aromatic carbocycles. The first-order chi connectivity index (χ1) is 5.33. The highest BCUT2D eigenvalue weighted by Gasteiger charge is 2.01. The van der Waals surface area contributed by atoms with Crippen molar-refractivity contribution < 1.29 is 5.32 Å². The van der Waals surface area contributed by atoms with Crippen molar-refractivity contribution in [3.8, 4) is 0 Å². The predicted molar refractivity (Wildman–Crippen MR) is 47.5 cm³/mol. The van der Waals surface area contributed by atoms with E-state index in [0.717, 1.165) is 6.42 Å². The Kier molecular flexibility index (Phi) is 3.12. The molecule has 0 fully saturated rings. The van der Waals surface area contributed by atoms with Crippen molar-refractivity contribution in [2.75, 3.05) is 7.05 Å². The van der Waals surface area contributed by atoms with Crippen LogP contribution in [0.4, 0.5) is 0 Å². The molecule has 1 aromatic rings. The lowest BCUT2D eigenvalue weighted by atomic mass is 10.1. The molecule has 0 unspecified atom stereocenters. The molecule has 1 atom stereocenters. The molecule has 0 aliphatic rings. The molecule has 0 radical (unpaired) electrons. The van der Waals surface area contributed by atoms with Gasteiger partial charge in [-0.15, -0.1) is 0 Å². The molecule has 1 heteroatoms. The third-order valence-corrected chi connectivity index (χ3v) is 1.97. The summed E-state index contributed by atoms with van der Waals surface area (Å²) in [5.74, 6) is 0. The molecular formula is C10H16N+. The van der Waals surface area contributed by atoms with Gasteiger partial charge in [0.15, 0.2) is 0 Å². The van der Waals surface area contributed by atoms with Crippen LogP contribution in [0, 0.1) is 0 Å². The summed E-state index contributed by atoms with van der Waals surface area (Å²) < 4.78 is 0. The Morgan fingerprint density at radius 2 is 1.91 bits per heavy atom. The molecular weight excluding hydrogens is 134 g/mol. The van der Waals surface area contributed by atoms with E-state index in [2.05, 4.69) is 49.6 Å². The largest absolute Gasteiger partial charge is 0.346 e. The zero-order chi connectivity index (χ0) is 8.10. The summed E-state index contributed by atoms with van der Waals surface area (Å²) in [6.45, 7) is 2.24. The summed E-state index contributed by atoms with van der Waals surface area (Å²) in [5.41, 5.74) is 1.43. The SMILES string of the molecule is C[NH2+][C@@H](C)Cc1ccccc1. The first-order valence-electron chi connectivity index (χ1n) is 4.16. The summed E-state index contributed by atoms with van der Waals surface area (Å²) >= 11 is 0. The van der Waals surface area contributed by atoms with Crippen molar-refractivity contribution in [3.63, 3.8) is 0 Å². The van der Waals surface area contributed by atoms with Crippen LogP contribution in [-0.2, 0) is 6.42 Å². The minimum Gasteiger partial charge on any atom is -0.346 e. The fourth-order valence-electron chi connectivity index (χ4n) is 1.10. The van der Waals surface area contributed by atoms with E-state index in [1.54, 1.807) is 0 Å². The maximum absolute atomic E-state index is 2.24. The fraction of sp³-hybridized carbons (Fsp3) is 0.400. The van der Waals surface area contributed by atoms with Crippen LogP contribution >= 0.6 is 0 Å². The van der Waals surface area contributed by atoms with E-state index >= 15 is 0 Å². The fourth-order valence-corrected chi connectivity index (χ4v) is 1.10. The summed E-state index contributed by atoms with van der Waals surface area (Å²) in [4.78, 5) is 0. The van der Waals surface area contributed by atoms with Crippen LogP contribution in [0.5, 0.6) is 0 Å². The number of hydrogen-bond acceptors (Lipinski definition) is 0. The number of hydrogen-bond donors (Lipinski definition) is 1. The van der Waals surface area contributed by atoms with Crippen LogP contribution in [0.2, 0.25) is 0 Å². The number of nitrogens with two attached hydrogens (primary N) is 1. The van der Waals surface area contributed by atoms with Crippen LogP contribution in [0.1, 0.15) is 12.5 Å². The molecule has 11 heavy (non-hydrogen) atoms. The minimum absolute atomic E-state index is 0.692. The van der Waals surface area contributed by atoms with Gasteiger partial charge < -0.3 is 5.32 Å². The van der Waals surface area contributed by atoms with Gasteiger partial charge in [-0.1, -0.05) is 30.3 Å². The van der Waals surface area contributed by atoms with Crippen molar-refractivity contribution in [1.82, 2.24) is 0 Å². The van der Waals surface area contributed by atoms with E-state index in [1.165, 1.54) is 5.56 Å². The molecule has 0 heterocycles. The Morgan fingerprint density at radius 1 is 1.27 bits per heavy atom. The van der Waals surface area contributed by atoms with Gasteiger partial charge in [0.25, 0.3) is 0 Å². The molecule has 0 saturated heterocycles. The van der Waals surface area contributed by atoms with E-state index in [-0.39, 0.29) is 0 Å². The van der Waals surface area contributed by atoms with E-state index in [1.807, 2.05) is 0 Å². The Labute approximate surface area is 68.4 Å². The highest BCUT2D eigenvalue weighted by atomic mass is 14.8. The van der Waals surface area contributed by atoms with Gasteiger partial charge in [0.1, 0.15) is 0 Å². The Hall–Kier alpha value is -0.820. The van der Waals surface area contributed by atoms with Crippen LogP contribution < -0.4 is 5.32 Å². The molecule has 1 rings (SSSR count). The monoisotopic (exact) mass is 150 g/mol. The van der Waals surface area contributed by atoms with E-state index in [4.69, 9.17) is 0 Å².